The topological polar surface area (TPSA) is 90.5 Å². The molecule has 134 valence electrons. The number of para-hydroxylation sites is 1. The Bertz CT molecular complexity index is 698. The summed E-state index contributed by atoms with van der Waals surface area (Å²) in [7, 11) is -2.29. The Morgan fingerprint density at radius 2 is 1.71 bits per heavy atom. The van der Waals surface area contributed by atoms with Crippen molar-refractivity contribution >= 4 is 44.8 Å². The summed E-state index contributed by atoms with van der Waals surface area (Å²) < 4.78 is 26.4. The molecule has 0 saturated carbocycles. The largest absolute Gasteiger partial charge is 0.322 e. The van der Waals surface area contributed by atoms with E-state index >= 15 is 0 Å². The molecule has 1 amide bonds. The molecule has 1 aliphatic rings. The second-order valence-electron chi connectivity index (χ2n) is 5.78. The molecule has 1 fully saturated rings. The first-order chi connectivity index (χ1) is 11.1. The van der Waals surface area contributed by atoms with E-state index in [2.05, 4.69) is 16.2 Å². The fourth-order valence-electron chi connectivity index (χ4n) is 2.67. The lowest BCUT2D eigenvalue weighted by Crippen LogP contribution is -2.47. The van der Waals surface area contributed by atoms with Crippen molar-refractivity contribution in [1.82, 2.24) is 15.2 Å². The Morgan fingerprint density at radius 3 is 2.21 bits per heavy atom. The van der Waals surface area contributed by atoms with Gasteiger partial charge in [-0.05, 0) is 26.0 Å². The highest BCUT2D eigenvalue weighted by Crippen LogP contribution is 2.29. The van der Waals surface area contributed by atoms with Crippen LogP contribution >= 0.6 is 23.2 Å². The molecule has 1 aliphatic heterocycles. The molecule has 0 aromatic heterocycles. The number of sulfonamides is 1. The highest BCUT2D eigenvalue weighted by Gasteiger charge is 2.42. The number of nitrogens with zero attached hydrogens (tertiary/aromatic N) is 1. The fraction of sp³-hybridized carbons (Fsp3) is 0.500. The third-order valence-corrected chi connectivity index (χ3v) is 7.03. The van der Waals surface area contributed by atoms with Crippen molar-refractivity contribution in [2.24, 2.45) is 0 Å². The third kappa shape index (κ3) is 4.01. The van der Waals surface area contributed by atoms with E-state index in [1.165, 1.54) is 7.05 Å². The first-order valence-corrected chi connectivity index (χ1v) is 9.60. The molecule has 0 radical (unpaired) electrons. The van der Waals surface area contributed by atoms with Crippen LogP contribution in [0.4, 0.5) is 5.69 Å². The number of carbonyl (C=O) groups is 1. The van der Waals surface area contributed by atoms with Crippen LogP contribution in [0.1, 0.15) is 13.8 Å². The number of amides is 1. The number of halogens is 2. The molecule has 1 saturated heterocycles. The molecule has 1 heterocycles. The average molecular weight is 395 g/mol. The van der Waals surface area contributed by atoms with Gasteiger partial charge in [0, 0.05) is 19.1 Å². The number of benzene rings is 1. The van der Waals surface area contributed by atoms with Gasteiger partial charge >= 0.3 is 0 Å². The van der Waals surface area contributed by atoms with Gasteiger partial charge in [0.2, 0.25) is 15.9 Å². The van der Waals surface area contributed by atoms with Gasteiger partial charge in [0.05, 0.1) is 22.3 Å². The Balaban J connectivity index is 2.08. The van der Waals surface area contributed by atoms with E-state index in [1.807, 2.05) is 0 Å². The summed E-state index contributed by atoms with van der Waals surface area (Å²) in [5.41, 5.74) is 6.06. The minimum absolute atomic E-state index is 0.266. The summed E-state index contributed by atoms with van der Waals surface area (Å²) in [5.74, 6) is -0.518. The van der Waals surface area contributed by atoms with Crippen LogP contribution in [0.5, 0.6) is 0 Å². The zero-order valence-electron chi connectivity index (χ0n) is 13.5. The summed E-state index contributed by atoms with van der Waals surface area (Å²) in [6.45, 7) is 3.21. The van der Waals surface area contributed by atoms with E-state index < -0.39 is 21.2 Å². The average Bonchev–Trinajstić information content (AvgIpc) is 2.82. The van der Waals surface area contributed by atoms with Crippen molar-refractivity contribution in [3.05, 3.63) is 28.2 Å². The molecule has 3 N–H and O–H groups in total. The molecule has 0 bridgehead atoms. The Hall–Kier alpha value is -0.900. The minimum Gasteiger partial charge on any atom is -0.322 e. The van der Waals surface area contributed by atoms with Gasteiger partial charge in [-0.25, -0.2) is 8.42 Å². The summed E-state index contributed by atoms with van der Waals surface area (Å²) in [6, 6.07) is 4.28. The third-order valence-electron chi connectivity index (χ3n) is 3.90. The maximum Gasteiger partial charge on any atom is 0.239 e. The lowest BCUT2D eigenvalue weighted by atomic mass is 10.2. The lowest BCUT2D eigenvalue weighted by Gasteiger charge is -2.25. The number of carbonyl (C=O) groups excluding carboxylic acids is 1. The molecule has 2 unspecified atom stereocenters. The van der Waals surface area contributed by atoms with Gasteiger partial charge in [-0.1, -0.05) is 29.3 Å². The molecule has 1 aromatic carbocycles. The van der Waals surface area contributed by atoms with Gasteiger partial charge in [0.1, 0.15) is 5.25 Å². The first-order valence-electron chi connectivity index (χ1n) is 7.34. The van der Waals surface area contributed by atoms with Crippen molar-refractivity contribution in [3.8, 4) is 0 Å². The molecule has 24 heavy (non-hydrogen) atoms. The smallest absolute Gasteiger partial charge is 0.239 e. The van der Waals surface area contributed by atoms with Gasteiger partial charge in [0.25, 0.3) is 0 Å². The minimum atomic E-state index is -3.66. The van der Waals surface area contributed by atoms with Crippen LogP contribution in [0.15, 0.2) is 18.2 Å². The quantitative estimate of drug-likeness (QED) is 0.702. The molecule has 0 spiro atoms. The number of hydrogen-bond donors (Lipinski definition) is 3. The van der Waals surface area contributed by atoms with Crippen molar-refractivity contribution in [2.45, 2.75) is 31.2 Å². The summed E-state index contributed by atoms with van der Waals surface area (Å²) in [5, 5.41) is 2.46. The van der Waals surface area contributed by atoms with E-state index in [-0.39, 0.29) is 34.4 Å². The maximum absolute atomic E-state index is 12.7. The van der Waals surface area contributed by atoms with Gasteiger partial charge in [0.15, 0.2) is 0 Å². The molecule has 10 heteroatoms. The summed E-state index contributed by atoms with van der Waals surface area (Å²) in [6.07, 6.45) is 0. The Kier molecular flexibility index (Phi) is 6.11. The second kappa shape index (κ2) is 7.55. The van der Waals surface area contributed by atoms with Gasteiger partial charge in [-0.15, -0.1) is 0 Å². The van der Waals surface area contributed by atoms with Crippen LogP contribution in [0.2, 0.25) is 10.0 Å². The monoisotopic (exact) mass is 394 g/mol. The summed E-state index contributed by atoms with van der Waals surface area (Å²) >= 11 is 12.0. The maximum atomic E-state index is 12.7. The van der Waals surface area contributed by atoms with Crippen LogP contribution in [-0.4, -0.2) is 49.6 Å². The van der Waals surface area contributed by atoms with Crippen molar-refractivity contribution < 1.29 is 13.2 Å². The molecule has 2 rings (SSSR count). The molecule has 0 aliphatic carbocycles. The highest BCUT2D eigenvalue weighted by molar-refractivity contribution is 7.89. The molecule has 2 atom stereocenters. The zero-order valence-corrected chi connectivity index (χ0v) is 15.8. The van der Waals surface area contributed by atoms with E-state index in [4.69, 9.17) is 23.2 Å². The number of rotatable bonds is 5. The van der Waals surface area contributed by atoms with E-state index in [1.54, 1.807) is 32.0 Å². The SMILES string of the molecule is CC1NNC(C)C1S(=O)(=O)N(C)CC(=O)Nc1c(Cl)cccc1Cl. The molecule has 1 aromatic rings. The van der Waals surface area contributed by atoms with E-state index in [0.29, 0.717) is 0 Å². The second-order valence-corrected chi connectivity index (χ2v) is 8.79. The predicted molar refractivity (Wildman–Crippen MR) is 95.6 cm³/mol. The Morgan fingerprint density at radius 1 is 1.21 bits per heavy atom. The highest BCUT2D eigenvalue weighted by atomic mass is 35.5. The van der Waals surface area contributed by atoms with Gasteiger partial charge < -0.3 is 5.32 Å². The van der Waals surface area contributed by atoms with Crippen molar-refractivity contribution in [2.75, 3.05) is 18.9 Å². The standard InChI is InChI=1S/C14H20Cl2N4O3S/c1-8-14(9(2)19-18-8)24(22,23)20(3)7-12(21)17-13-10(15)5-4-6-11(13)16/h4-6,8-9,14,18-19H,7H2,1-3H3,(H,17,21). The van der Waals surface area contributed by atoms with Crippen molar-refractivity contribution in [3.63, 3.8) is 0 Å². The van der Waals surface area contributed by atoms with E-state index in [9.17, 15) is 13.2 Å². The van der Waals surface area contributed by atoms with Gasteiger partial charge in [-0.2, -0.15) is 4.31 Å². The van der Waals surface area contributed by atoms with Gasteiger partial charge in [-0.3, -0.25) is 15.6 Å². The van der Waals surface area contributed by atoms with Crippen LogP contribution in [0.25, 0.3) is 0 Å². The van der Waals surface area contributed by atoms with Crippen LogP contribution in [0.3, 0.4) is 0 Å². The number of hydrogen-bond acceptors (Lipinski definition) is 5. The molecular weight excluding hydrogens is 375 g/mol. The van der Waals surface area contributed by atoms with Crippen molar-refractivity contribution in [1.29, 1.82) is 0 Å². The molecule has 7 nitrogen and oxygen atoms in total. The van der Waals surface area contributed by atoms with E-state index in [0.717, 1.165) is 4.31 Å². The van der Waals surface area contributed by atoms with Crippen LogP contribution < -0.4 is 16.2 Å². The fourth-order valence-corrected chi connectivity index (χ4v) is 5.04. The zero-order chi connectivity index (χ0) is 18.1. The number of hydrazine groups is 1. The summed E-state index contributed by atoms with van der Waals surface area (Å²) in [4.78, 5) is 12.2. The normalized spacial score (nSPS) is 24.3. The predicted octanol–water partition coefficient (Wildman–Crippen LogP) is 1.45. The van der Waals surface area contributed by atoms with Crippen LogP contribution in [-0.2, 0) is 14.8 Å². The molecular formula is C14H20Cl2N4O3S. The number of anilines is 1. The first kappa shape index (κ1) is 19.4. The number of nitrogens with one attached hydrogen (secondary N) is 3. The van der Waals surface area contributed by atoms with Crippen LogP contribution in [0, 0.1) is 0 Å². The number of likely N-dealkylation sites (N-methyl/N-ethyl adjacent to an activating group) is 1. The lowest BCUT2D eigenvalue weighted by molar-refractivity contribution is -0.116. The Labute approximate surface area is 151 Å².